The van der Waals surface area contributed by atoms with Crippen molar-refractivity contribution in [2.75, 3.05) is 31.1 Å². The van der Waals surface area contributed by atoms with E-state index in [0.29, 0.717) is 17.4 Å². The second kappa shape index (κ2) is 7.73. The van der Waals surface area contributed by atoms with Gasteiger partial charge in [0.05, 0.1) is 6.67 Å². The molecule has 1 fully saturated rings. The molecule has 7 heteroatoms. The Hall–Kier alpha value is -1.96. The molecular weight excluding hydrogens is 412 g/mol. The minimum atomic E-state index is 0.411. The molecule has 4 rings (SSSR count). The molecule has 26 heavy (non-hydrogen) atoms. The van der Waals surface area contributed by atoms with Crippen molar-refractivity contribution >= 4 is 33.8 Å². The van der Waals surface area contributed by atoms with E-state index in [9.17, 15) is 0 Å². The number of benzene rings is 2. The van der Waals surface area contributed by atoms with Crippen molar-refractivity contribution in [1.29, 1.82) is 0 Å². The minimum Gasteiger partial charge on any atom is -0.409 e. The van der Waals surface area contributed by atoms with E-state index in [1.165, 1.54) is 5.69 Å². The molecule has 0 aliphatic carbocycles. The van der Waals surface area contributed by atoms with Crippen LogP contribution < -0.4 is 4.90 Å². The Labute approximate surface area is 166 Å². The zero-order chi connectivity index (χ0) is 17.9. The number of piperazine rings is 1. The lowest BCUT2D eigenvalue weighted by molar-refractivity contribution is 0.192. The molecule has 0 atom stereocenters. The molecule has 0 spiro atoms. The lowest BCUT2D eigenvalue weighted by atomic mass is 10.2. The highest BCUT2D eigenvalue weighted by Crippen LogP contribution is 2.21. The summed E-state index contributed by atoms with van der Waals surface area (Å²) in [6.07, 6.45) is 0. The molecule has 0 bridgehead atoms. The fourth-order valence-electron chi connectivity index (χ4n) is 3.08. The third-order valence-corrected chi connectivity index (χ3v) is 5.35. The molecule has 3 aromatic rings. The highest BCUT2D eigenvalue weighted by molar-refractivity contribution is 9.10. The molecule has 2 heterocycles. The third kappa shape index (κ3) is 3.90. The van der Waals surface area contributed by atoms with Gasteiger partial charge in [0.25, 0.3) is 4.84 Å². The maximum atomic E-state index is 5.69. The van der Waals surface area contributed by atoms with Crippen LogP contribution in [-0.2, 0) is 6.67 Å². The topological polar surface area (TPSA) is 37.4 Å². The summed E-state index contributed by atoms with van der Waals surface area (Å²) in [5, 5.41) is 4.56. The summed E-state index contributed by atoms with van der Waals surface area (Å²) in [6.45, 7) is 4.58. The van der Waals surface area contributed by atoms with E-state index in [1.54, 1.807) is 4.68 Å². The zero-order valence-electron chi connectivity index (χ0n) is 14.2. The van der Waals surface area contributed by atoms with Crippen molar-refractivity contribution in [1.82, 2.24) is 14.7 Å². The van der Waals surface area contributed by atoms with Crippen molar-refractivity contribution in [3.8, 4) is 11.5 Å². The molecule has 0 amide bonds. The number of hydrogen-bond acceptors (Lipinski definition) is 5. The predicted molar refractivity (Wildman–Crippen MR) is 109 cm³/mol. The highest BCUT2D eigenvalue weighted by Gasteiger charge is 2.18. The van der Waals surface area contributed by atoms with Crippen molar-refractivity contribution in [2.24, 2.45) is 0 Å². The van der Waals surface area contributed by atoms with Gasteiger partial charge in [-0.3, -0.25) is 4.90 Å². The Morgan fingerprint density at radius 1 is 0.962 bits per heavy atom. The molecule has 5 nitrogen and oxygen atoms in total. The normalized spacial score (nSPS) is 15.3. The number of aromatic nitrogens is 2. The fourth-order valence-corrected chi connectivity index (χ4v) is 3.52. The van der Waals surface area contributed by atoms with E-state index in [2.05, 4.69) is 61.2 Å². The van der Waals surface area contributed by atoms with Gasteiger partial charge in [-0.1, -0.05) is 34.1 Å². The number of para-hydroxylation sites is 1. The van der Waals surface area contributed by atoms with Crippen LogP contribution in [0.15, 0.2) is 63.5 Å². The molecule has 0 N–H and O–H groups in total. The fraction of sp³-hybridized carbons (Fsp3) is 0.263. The Bertz CT molecular complexity index is 915. The number of rotatable bonds is 4. The first-order valence-electron chi connectivity index (χ1n) is 8.55. The van der Waals surface area contributed by atoms with Gasteiger partial charge in [-0.15, -0.1) is 5.10 Å². The Balaban J connectivity index is 1.41. The van der Waals surface area contributed by atoms with Gasteiger partial charge in [-0.2, -0.15) is 0 Å². The number of nitrogens with zero attached hydrogens (tertiary/aromatic N) is 4. The molecule has 1 aliphatic heterocycles. The monoisotopic (exact) mass is 430 g/mol. The largest absolute Gasteiger partial charge is 0.409 e. The van der Waals surface area contributed by atoms with Crippen LogP contribution in [0.3, 0.4) is 0 Å². The van der Waals surface area contributed by atoms with Crippen molar-refractivity contribution < 1.29 is 4.42 Å². The molecule has 2 aromatic carbocycles. The van der Waals surface area contributed by atoms with Crippen molar-refractivity contribution in [2.45, 2.75) is 6.67 Å². The standard InChI is InChI=1S/C19H19BrN4OS/c20-16-8-6-15(7-9-16)18-21-24(19(26)25-18)14-22-10-12-23(13-11-22)17-4-2-1-3-5-17/h1-9H,10-14H2. The molecule has 1 aliphatic rings. The lowest BCUT2D eigenvalue weighted by Crippen LogP contribution is -2.46. The van der Waals surface area contributed by atoms with Gasteiger partial charge in [0.15, 0.2) is 0 Å². The maximum Gasteiger partial charge on any atom is 0.288 e. The molecule has 0 unspecified atom stereocenters. The predicted octanol–water partition coefficient (Wildman–Crippen LogP) is 4.41. The van der Waals surface area contributed by atoms with E-state index in [0.717, 1.165) is 36.2 Å². The number of halogens is 1. The van der Waals surface area contributed by atoms with E-state index in [4.69, 9.17) is 16.6 Å². The third-order valence-electron chi connectivity index (χ3n) is 4.53. The smallest absolute Gasteiger partial charge is 0.288 e. The number of anilines is 1. The van der Waals surface area contributed by atoms with Gasteiger partial charge in [-0.05, 0) is 48.6 Å². The summed E-state index contributed by atoms with van der Waals surface area (Å²) in [5.41, 5.74) is 2.20. The summed E-state index contributed by atoms with van der Waals surface area (Å²) in [4.78, 5) is 5.17. The molecule has 1 aromatic heterocycles. The molecule has 1 saturated heterocycles. The van der Waals surface area contributed by atoms with Crippen LogP contribution in [0.25, 0.3) is 11.5 Å². The van der Waals surface area contributed by atoms with Gasteiger partial charge < -0.3 is 9.32 Å². The van der Waals surface area contributed by atoms with Crippen LogP contribution >= 0.6 is 28.1 Å². The average molecular weight is 431 g/mol. The van der Waals surface area contributed by atoms with E-state index in [-0.39, 0.29) is 0 Å². The maximum absolute atomic E-state index is 5.69. The SMILES string of the molecule is S=c1oc(-c2ccc(Br)cc2)nn1CN1CCN(c2ccccc2)CC1. The lowest BCUT2D eigenvalue weighted by Gasteiger charge is -2.35. The summed E-state index contributed by atoms with van der Waals surface area (Å²) in [7, 11) is 0. The van der Waals surface area contributed by atoms with Crippen LogP contribution in [-0.4, -0.2) is 40.9 Å². The van der Waals surface area contributed by atoms with E-state index >= 15 is 0 Å². The van der Waals surface area contributed by atoms with Crippen LogP contribution in [0.4, 0.5) is 5.69 Å². The van der Waals surface area contributed by atoms with Crippen LogP contribution in [0.5, 0.6) is 0 Å². The van der Waals surface area contributed by atoms with Crippen LogP contribution in [0.1, 0.15) is 0 Å². The van der Waals surface area contributed by atoms with Gasteiger partial charge in [0, 0.05) is 41.9 Å². The van der Waals surface area contributed by atoms with Crippen molar-refractivity contribution in [3.63, 3.8) is 0 Å². The molecule has 0 saturated carbocycles. The Morgan fingerprint density at radius 3 is 2.35 bits per heavy atom. The van der Waals surface area contributed by atoms with Crippen LogP contribution in [0, 0.1) is 4.84 Å². The van der Waals surface area contributed by atoms with Crippen molar-refractivity contribution in [3.05, 3.63) is 63.9 Å². The molecule has 0 radical (unpaired) electrons. The van der Waals surface area contributed by atoms with E-state index in [1.807, 2.05) is 24.3 Å². The second-order valence-electron chi connectivity index (χ2n) is 6.26. The van der Waals surface area contributed by atoms with Gasteiger partial charge in [-0.25, -0.2) is 4.68 Å². The second-order valence-corrected chi connectivity index (χ2v) is 7.53. The molecule has 134 valence electrons. The Kier molecular flexibility index (Phi) is 5.19. The summed E-state index contributed by atoms with van der Waals surface area (Å²) >= 11 is 8.79. The first-order valence-corrected chi connectivity index (χ1v) is 9.75. The van der Waals surface area contributed by atoms with Gasteiger partial charge in [0.2, 0.25) is 5.89 Å². The summed E-state index contributed by atoms with van der Waals surface area (Å²) < 4.78 is 8.48. The Morgan fingerprint density at radius 2 is 1.65 bits per heavy atom. The highest BCUT2D eigenvalue weighted by atomic mass is 79.9. The zero-order valence-corrected chi connectivity index (χ0v) is 16.6. The quantitative estimate of drug-likeness (QED) is 0.572. The van der Waals surface area contributed by atoms with Gasteiger partial charge >= 0.3 is 0 Å². The van der Waals surface area contributed by atoms with Gasteiger partial charge in [0.1, 0.15) is 0 Å². The summed E-state index contributed by atoms with van der Waals surface area (Å²) in [5.74, 6) is 0.561. The number of hydrogen-bond donors (Lipinski definition) is 0. The first kappa shape index (κ1) is 17.5. The summed E-state index contributed by atoms with van der Waals surface area (Å²) in [6, 6.07) is 18.4. The van der Waals surface area contributed by atoms with Crippen LogP contribution in [0.2, 0.25) is 0 Å². The average Bonchev–Trinajstić information content (AvgIpc) is 3.04. The minimum absolute atomic E-state index is 0.411. The first-order chi connectivity index (χ1) is 12.7. The van der Waals surface area contributed by atoms with E-state index < -0.39 is 0 Å². The molecular formula is C19H19BrN4OS.